The van der Waals surface area contributed by atoms with Gasteiger partial charge in [0.15, 0.2) is 0 Å². The van der Waals surface area contributed by atoms with Crippen LogP contribution in [0.4, 0.5) is 17.5 Å². The van der Waals surface area contributed by atoms with Crippen molar-refractivity contribution in [2.45, 2.75) is 24.3 Å². The van der Waals surface area contributed by atoms with Gasteiger partial charge in [-0.25, -0.2) is 23.4 Å². The van der Waals surface area contributed by atoms with Crippen molar-refractivity contribution in [3.8, 4) is 11.3 Å². The number of aliphatic hydroxyl groups excluding tert-OH is 1. The molecular formula is C27H38N8O3S. The molecule has 1 atom stereocenters. The third kappa shape index (κ3) is 7.70. The molecule has 3 N–H and O–H groups in total. The second-order valence-electron chi connectivity index (χ2n) is 9.76. The lowest BCUT2D eigenvalue weighted by Gasteiger charge is -2.34. The van der Waals surface area contributed by atoms with Gasteiger partial charge in [0.05, 0.1) is 16.7 Å². The summed E-state index contributed by atoms with van der Waals surface area (Å²) in [5.74, 6) is 1.26. The van der Waals surface area contributed by atoms with E-state index in [1.807, 2.05) is 32.3 Å². The van der Waals surface area contributed by atoms with Crippen LogP contribution in [0, 0.1) is 0 Å². The maximum Gasteiger partial charge on any atom is 0.243 e. The first-order valence-corrected chi connectivity index (χ1v) is 14.6. The van der Waals surface area contributed by atoms with Crippen molar-refractivity contribution in [2.24, 2.45) is 0 Å². The first-order chi connectivity index (χ1) is 18.8. The van der Waals surface area contributed by atoms with Crippen LogP contribution in [0.15, 0.2) is 59.8 Å². The molecule has 0 saturated carbocycles. The second-order valence-corrected chi connectivity index (χ2v) is 11.7. The SMILES string of the molecule is CNCCCN(C)c1ccc(-c2ccnc(Nc3cccc(S(=O)(=O)N4CCN(CC(C)O)CC4)c3)n2)cn1. The Morgan fingerprint density at radius 3 is 2.59 bits per heavy atom. The molecule has 1 saturated heterocycles. The van der Waals surface area contributed by atoms with E-state index in [2.05, 4.69) is 35.4 Å². The van der Waals surface area contributed by atoms with E-state index >= 15 is 0 Å². The number of nitrogens with zero attached hydrogens (tertiary/aromatic N) is 6. The quantitative estimate of drug-likeness (QED) is 0.286. The van der Waals surface area contributed by atoms with Gasteiger partial charge in [0, 0.05) is 70.0 Å². The lowest BCUT2D eigenvalue weighted by Crippen LogP contribution is -2.50. The van der Waals surface area contributed by atoms with Crippen LogP contribution >= 0.6 is 0 Å². The van der Waals surface area contributed by atoms with Crippen molar-refractivity contribution in [2.75, 3.05) is 70.1 Å². The van der Waals surface area contributed by atoms with Crippen LogP contribution in [0.2, 0.25) is 0 Å². The summed E-state index contributed by atoms with van der Waals surface area (Å²) in [7, 11) is 0.318. The van der Waals surface area contributed by atoms with Gasteiger partial charge >= 0.3 is 0 Å². The van der Waals surface area contributed by atoms with Gasteiger partial charge in [-0.05, 0) is 63.3 Å². The average Bonchev–Trinajstić information content (AvgIpc) is 2.93. The van der Waals surface area contributed by atoms with Crippen molar-refractivity contribution in [3.63, 3.8) is 0 Å². The highest BCUT2D eigenvalue weighted by Gasteiger charge is 2.29. The maximum absolute atomic E-state index is 13.3. The van der Waals surface area contributed by atoms with Crippen LogP contribution in [0.3, 0.4) is 0 Å². The Hall–Kier alpha value is -3.16. The van der Waals surface area contributed by atoms with Crippen molar-refractivity contribution >= 4 is 27.5 Å². The molecule has 1 aliphatic heterocycles. The molecule has 210 valence electrons. The van der Waals surface area contributed by atoms with E-state index in [9.17, 15) is 13.5 Å². The van der Waals surface area contributed by atoms with Crippen LogP contribution in [0.5, 0.6) is 0 Å². The number of pyridine rings is 1. The molecule has 0 spiro atoms. The third-order valence-electron chi connectivity index (χ3n) is 6.59. The van der Waals surface area contributed by atoms with E-state index in [1.54, 1.807) is 43.6 Å². The number of hydrogen-bond acceptors (Lipinski definition) is 10. The summed E-state index contributed by atoms with van der Waals surface area (Å²) in [6.07, 6.45) is 4.05. The number of aromatic nitrogens is 3. The number of anilines is 3. The van der Waals surface area contributed by atoms with E-state index in [1.165, 1.54) is 4.31 Å². The van der Waals surface area contributed by atoms with Gasteiger partial charge in [0.2, 0.25) is 16.0 Å². The summed E-state index contributed by atoms with van der Waals surface area (Å²) < 4.78 is 28.1. The van der Waals surface area contributed by atoms with Crippen LogP contribution in [0.1, 0.15) is 13.3 Å². The third-order valence-corrected chi connectivity index (χ3v) is 8.49. The van der Waals surface area contributed by atoms with Crippen LogP contribution in [-0.2, 0) is 10.0 Å². The normalized spacial score (nSPS) is 15.7. The molecule has 1 unspecified atom stereocenters. The zero-order valence-electron chi connectivity index (χ0n) is 22.8. The van der Waals surface area contributed by atoms with Gasteiger partial charge in [-0.3, -0.25) is 4.90 Å². The number of aliphatic hydroxyl groups is 1. The molecule has 0 bridgehead atoms. The molecule has 1 aromatic carbocycles. The smallest absolute Gasteiger partial charge is 0.243 e. The number of sulfonamides is 1. The summed E-state index contributed by atoms with van der Waals surface area (Å²) >= 11 is 0. The van der Waals surface area contributed by atoms with E-state index < -0.39 is 16.1 Å². The Morgan fingerprint density at radius 1 is 1.10 bits per heavy atom. The monoisotopic (exact) mass is 554 g/mol. The summed E-state index contributed by atoms with van der Waals surface area (Å²) in [5, 5.41) is 15.9. The fraction of sp³-hybridized carbons (Fsp3) is 0.444. The molecule has 4 rings (SSSR count). The largest absolute Gasteiger partial charge is 0.392 e. The maximum atomic E-state index is 13.3. The molecule has 0 radical (unpaired) electrons. The predicted octanol–water partition coefficient (Wildman–Crippen LogP) is 2.02. The summed E-state index contributed by atoms with van der Waals surface area (Å²) in [5.41, 5.74) is 2.15. The Morgan fingerprint density at radius 2 is 1.90 bits per heavy atom. The van der Waals surface area contributed by atoms with Gasteiger partial charge < -0.3 is 20.6 Å². The minimum absolute atomic E-state index is 0.214. The topological polar surface area (TPSA) is 127 Å². The fourth-order valence-electron chi connectivity index (χ4n) is 4.49. The van der Waals surface area contributed by atoms with Gasteiger partial charge in [0.1, 0.15) is 5.82 Å². The zero-order chi connectivity index (χ0) is 27.8. The van der Waals surface area contributed by atoms with E-state index in [0.717, 1.165) is 30.9 Å². The Labute approximate surface area is 231 Å². The minimum atomic E-state index is -3.65. The van der Waals surface area contributed by atoms with Gasteiger partial charge in [0.25, 0.3) is 0 Å². The molecular weight excluding hydrogens is 516 g/mol. The van der Waals surface area contributed by atoms with Crippen molar-refractivity contribution < 1.29 is 13.5 Å². The number of hydrogen-bond donors (Lipinski definition) is 3. The standard InChI is InChI=1S/C27H38N8O3S/c1-21(36)20-34-14-16-35(17-15-34)39(37,38)24-7-4-6-23(18-24)31-27-29-12-10-25(32-27)22-8-9-26(30-19-22)33(3)13-5-11-28-2/h4,6-10,12,18-19,21,28,36H,5,11,13-17,20H2,1-3H3,(H,29,31,32). The molecule has 39 heavy (non-hydrogen) atoms. The Balaban J connectivity index is 1.42. The van der Waals surface area contributed by atoms with E-state index in [-0.39, 0.29) is 4.90 Å². The van der Waals surface area contributed by atoms with E-state index in [4.69, 9.17) is 0 Å². The predicted molar refractivity (Wildman–Crippen MR) is 154 cm³/mol. The number of rotatable bonds is 12. The van der Waals surface area contributed by atoms with Gasteiger partial charge in [-0.15, -0.1) is 0 Å². The number of β-amino-alcohol motifs (C(OH)–C–C–N with tert-alkyl or cyclic N) is 1. The minimum Gasteiger partial charge on any atom is -0.392 e. The number of nitrogens with one attached hydrogen (secondary N) is 2. The summed E-state index contributed by atoms with van der Waals surface area (Å²) in [4.78, 5) is 17.9. The van der Waals surface area contributed by atoms with Gasteiger partial charge in [-0.1, -0.05) is 6.07 Å². The number of piperazine rings is 1. The fourth-order valence-corrected chi connectivity index (χ4v) is 5.96. The lowest BCUT2D eigenvalue weighted by atomic mass is 10.2. The summed E-state index contributed by atoms with van der Waals surface area (Å²) in [6.45, 7) is 6.09. The molecule has 1 aliphatic rings. The van der Waals surface area contributed by atoms with Crippen molar-refractivity contribution in [3.05, 3.63) is 54.9 Å². The van der Waals surface area contributed by atoms with Crippen molar-refractivity contribution in [1.82, 2.24) is 29.5 Å². The molecule has 0 amide bonds. The average molecular weight is 555 g/mol. The highest BCUT2D eigenvalue weighted by Crippen LogP contribution is 2.24. The second kappa shape index (κ2) is 13.3. The molecule has 3 heterocycles. The Kier molecular flexibility index (Phi) is 9.81. The molecule has 11 nitrogen and oxygen atoms in total. The van der Waals surface area contributed by atoms with Crippen LogP contribution in [0.25, 0.3) is 11.3 Å². The van der Waals surface area contributed by atoms with Crippen LogP contribution < -0.4 is 15.5 Å². The highest BCUT2D eigenvalue weighted by atomic mass is 32.2. The first-order valence-electron chi connectivity index (χ1n) is 13.2. The van der Waals surface area contributed by atoms with Gasteiger partial charge in [-0.2, -0.15) is 4.31 Å². The summed E-state index contributed by atoms with van der Waals surface area (Å²) in [6, 6.07) is 12.5. The molecule has 2 aromatic heterocycles. The molecule has 1 fully saturated rings. The Bertz CT molecular complexity index is 1310. The zero-order valence-corrected chi connectivity index (χ0v) is 23.6. The van der Waals surface area contributed by atoms with Crippen molar-refractivity contribution in [1.29, 1.82) is 0 Å². The molecule has 12 heteroatoms. The first kappa shape index (κ1) is 28.8. The van der Waals surface area contributed by atoms with Crippen LogP contribution in [-0.4, -0.2) is 104 Å². The lowest BCUT2D eigenvalue weighted by molar-refractivity contribution is 0.103. The van der Waals surface area contributed by atoms with E-state index in [0.29, 0.717) is 50.1 Å². The highest BCUT2D eigenvalue weighted by molar-refractivity contribution is 7.89. The number of benzene rings is 1. The molecule has 0 aliphatic carbocycles. The molecule has 3 aromatic rings.